The number of nitrogens with two attached hydrogens (primary N) is 1. The van der Waals surface area contributed by atoms with Gasteiger partial charge in [0.15, 0.2) is 0 Å². The predicted octanol–water partition coefficient (Wildman–Crippen LogP) is 2.08. The van der Waals surface area contributed by atoms with Crippen LogP contribution < -0.4 is 5.73 Å². The van der Waals surface area contributed by atoms with Gasteiger partial charge in [-0.1, -0.05) is 23.7 Å². The maximum absolute atomic E-state index is 11.5. The molecule has 0 aliphatic carbocycles. The Kier molecular flexibility index (Phi) is 5.72. The molecular formula is C12H16Cl2N2O2. The zero-order chi connectivity index (χ0) is 12.3. The van der Waals surface area contributed by atoms with Crippen LogP contribution in [0.25, 0.3) is 0 Å². The lowest BCUT2D eigenvalue weighted by Crippen LogP contribution is -2.29. The summed E-state index contributed by atoms with van der Waals surface area (Å²) in [6.07, 6.45) is 0.330. The average Bonchev–Trinajstić information content (AvgIpc) is 2.68. The van der Waals surface area contributed by atoms with Gasteiger partial charge >= 0.3 is 6.09 Å². The zero-order valence-corrected chi connectivity index (χ0v) is 11.4. The molecule has 2 N–H and O–H groups in total. The van der Waals surface area contributed by atoms with Crippen LogP contribution in [0.1, 0.15) is 5.56 Å². The Morgan fingerprint density at radius 2 is 2.28 bits per heavy atom. The van der Waals surface area contributed by atoms with E-state index < -0.39 is 0 Å². The van der Waals surface area contributed by atoms with Crippen LogP contribution in [-0.2, 0) is 11.2 Å². The van der Waals surface area contributed by atoms with E-state index >= 15 is 0 Å². The first-order valence-corrected chi connectivity index (χ1v) is 5.97. The number of rotatable bonds is 4. The van der Waals surface area contributed by atoms with Gasteiger partial charge in [-0.15, -0.1) is 12.4 Å². The van der Waals surface area contributed by atoms with Crippen LogP contribution in [0.2, 0.25) is 5.02 Å². The van der Waals surface area contributed by atoms with Crippen molar-refractivity contribution in [3.8, 4) is 0 Å². The third-order valence-electron chi connectivity index (χ3n) is 2.77. The minimum Gasteiger partial charge on any atom is -0.443 e. The number of ether oxygens (including phenoxy) is 1. The van der Waals surface area contributed by atoms with Crippen LogP contribution in [0.15, 0.2) is 24.3 Å². The van der Waals surface area contributed by atoms with Crippen LogP contribution in [-0.4, -0.2) is 36.7 Å². The molecule has 1 heterocycles. The minimum absolute atomic E-state index is 0. The lowest BCUT2D eigenvalue weighted by atomic mass is 10.1. The van der Waals surface area contributed by atoms with Gasteiger partial charge in [0.2, 0.25) is 0 Å². The summed E-state index contributed by atoms with van der Waals surface area (Å²) >= 11 is 5.89. The summed E-state index contributed by atoms with van der Waals surface area (Å²) in [7, 11) is 0. The molecule has 1 fully saturated rings. The summed E-state index contributed by atoms with van der Waals surface area (Å²) < 4.78 is 5.07. The molecule has 1 aromatic rings. The van der Waals surface area contributed by atoms with Crippen molar-refractivity contribution in [2.75, 3.05) is 19.6 Å². The van der Waals surface area contributed by atoms with Crippen LogP contribution >= 0.6 is 24.0 Å². The second-order valence-corrected chi connectivity index (χ2v) is 4.50. The van der Waals surface area contributed by atoms with Crippen molar-refractivity contribution < 1.29 is 9.53 Å². The van der Waals surface area contributed by atoms with Gasteiger partial charge in [0.05, 0.1) is 6.54 Å². The Hall–Kier alpha value is -0.970. The van der Waals surface area contributed by atoms with Gasteiger partial charge in [-0.25, -0.2) is 4.79 Å². The number of carbonyl (C=O) groups excluding carboxylic acids is 1. The van der Waals surface area contributed by atoms with Crippen molar-refractivity contribution in [1.29, 1.82) is 0 Å². The molecule has 1 atom stereocenters. The molecule has 1 unspecified atom stereocenters. The van der Waals surface area contributed by atoms with Crippen molar-refractivity contribution in [3.05, 3.63) is 34.9 Å². The van der Waals surface area contributed by atoms with Crippen molar-refractivity contribution in [1.82, 2.24) is 4.90 Å². The molecule has 0 aromatic heterocycles. The molecule has 1 aliphatic rings. The molecule has 1 amide bonds. The second-order valence-electron chi connectivity index (χ2n) is 4.07. The smallest absolute Gasteiger partial charge is 0.410 e. The van der Waals surface area contributed by atoms with E-state index in [4.69, 9.17) is 22.1 Å². The van der Waals surface area contributed by atoms with E-state index in [-0.39, 0.29) is 24.6 Å². The molecular weight excluding hydrogens is 275 g/mol. The molecule has 1 aromatic carbocycles. The van der Waals surface area contributed by atoms with Crippen molar-refractivity contribution >= 4 is 30.1 Å². The van der Waals surface area contributed by atoms with Crippen LogP contribution in [0.5, 0.6) is 0 Å². The molecule has 0 radical (unpaired) electrons. The van der Waals surface area contributed by atoms with E-state index in [0.29, 0.717) is 24.7 Å². The summed E-state index contributed by atoms with van der Waals surface area (Å²) in [5.74, 6) is 0. The first-order valence-electron chi connectivity index (χ1n) is 5.59. The minimum atomic E-state index is -0.275. The lowest BCUT2D eigenvalue weighted by Gasteiger charge is -2.12. The van der Waals surface area contributed by atoms with Gasteiger partial charge in [-0.2, -0.15) is 0 Å². The molecule has 4 nitrogen and oxygen atoms in total. The molecule has 2 rings (SSSR count). The van der Waals surface area contributed by atoms with Crippen LogP contribution in [0, 0.1) is 0 Å². The standard InChI is InChI=1S/C12H15ClN2O2.ClH/c13-10-3-1-2-9(6-10)4-5-15-8-11(7-14)17-12(15)16;/h1-3,6,11H,4-5,7-8,14H2;1H. The Morgan fingerprint density at radius 3 is 2.89 bits per heavy atom. The Morgan fingerprint density at radius 1 is 1.50 bits per heavy atom. The summed E-state index contributed by atoms with van der Waals surface area (Å²) in [5, 5.41) is 0.714. The maximum Gasteiger partial charge on any atom is 0.410 e. The molecule has 1 saturated heterocycles. The largest absolute Gasteiger partial charge is 0.443 e. The summed E-state index contributed by atoms with van der Waals surface area (Å²) in [5.41, 5.74) is 6.58. The van der Waals surface area contributed by atoms with Gasteiger partial charge in [0, 0.05) is 18.1 Å². The Balaban J connectivity index is 0.00000162. The van der Waals surface area contributed by atoms with Crippen molar-refractivity contribution in [2.24, 2.45) is 5.73 Å². The number of cyclic esters (lactones) is 1. The average molecular weight is 291 g/mol. The fourth-order valence-electron chi connectivity index (χ4n) is 1.84. The molecule has 100 valence electrons. The number of nitrogens with zero attached hydrogens (tertiary/aromatic N) is 1. The highest BCUT2D eigenvalue weighted by Gasteiger charge is 2.29. The zero-order valence-electron chi connectivity index (χ0n) is 9.84. The lowest BCUT2D eigenvalue weighted by molar-refractivity contribution is 0.135. The van der Waals surface area contributed by atoms with Gasteiger partial charge < -0.3 is 15.4 Å². The molecule has 0 bridgehead atoms. The number of halogens is 2. The second kappa shape index (κ2) is 6.83. The first-order chi connectivity index (χ1) is 8.19. The molecule has 0 saturated carbocycles. The number of hydrogen-bond acceptors (Lipinski definition) is 3. The molecule has 6 heteroatoms. The van der Waals surface area contributed by atoms with E-state index in [0.717, 1.165) is 12.0 Å². The third-order valence-corrected chi connectivity index (χ3v) is 3.01. The fraction of sp³-hybridized carbons (Fsp3) is 0.417. The molecule has 1 aliphatic heterocycles. The van der Waals surface area contributed by atoms with Crippen LogP contribution in [0.3, 0.4) is 0 Å². The molecule has 18 heavy (non-hydrogen) atoms. The number of amides is 1. The van der Waals surface area contributed by atoms with E-state index in [1.165, 1.54) is 0 Å². The highest BCUT2D eigenvalue weighted by Crippen LogP contribution is 2.14. The van der Waals surface area contributed by atoms with Crippen molar-refractivity contribution in [2.45, 2.75) is 12.5 Å². The summed E-state index contributed by atoms with van der Waals surface area (Å²) in [4.78, 5) is 13.1. The van der Waals surface area contributed by atoms with E-state index in [9.17, 15) is 4.79 Å². The van der Waals surface area contributed by atoms with Gasteiger partial charge in [-0.05, 0) is 24.1 Å². The van der Waals surface area contributed by atoms with E-state index in [1.54, 1.807) is 4.90 Å². The van der Waals surface area contributed by atoms with Crippen molar-refractivity contribution in [3.63, 3.8) is 0 Å². The number of benzene rings is 1. The SMILES string of the molecule is Cl.NCC1CN(CCc2cccc(Cl)c2)C(=O)O1. The first kappa shape index (κ1) is 15.1. The monoisotopic (exact) mass is 290 g/mol. The Bertz CT molecular complexity index is 415. The highest BCUT2D eigenvalue weighted by molar-refractivity contribution is 6.30. The quantitative estimate of drug-likeness (QED) is 0.924. The normalized spacial score (nSPS) is 18.4. The fourth-order valence-corrected chi connectivity index (χ4v) is 2.05. The third kappa shape index (κ3) is 3.77. The summed E-state index contributed by atoms with van der Waals surface area (Å²) in [6.45, 7) is 1.59. The van der Waals surface area contributed by atoms with Crippen LogP contribution in [0.4, 0.5) is 4.79 Å². The van der Waals surface area contributed by atoms with E-state index in [1.807, 2.05) is 24.3 Å². The Labute approximate surface area is 117 Å². The predicted molar refractivity (Wildman–Crippen MR) is 73.3 cm³/mol. The van der Waals surface area contributed by atoms with Gasteiger partial charge in [-0.3, -0.25) is 0 Å². The number of hydrogen-bond donors (Lipinski definition) is 1. The topological polar surface area (TPSA) is 55.6 Å². The maximum atomic E-state index is 11.5. The highest BCUT2D eigenvalue weighted by atomic mass is 35.5. The van der Waals surface area contributed by atoms with Gasteiger partial charge in [0.25, 0.3) is 0 Å². The molecule has 0 spiro atoms. The van der Waals surface area contributed by atoms with Gasteiger partial charge in [0.1, 0.15) is 6.10 Å². The number of carbonyl (C=O) groups is 1. The van der Waals surface area contributed by atoms with E-state index in [2.05, 4.69) is 0 Å². The summed E-state index contributed by atoms with van der Waals surface area (Å²) in [6, 6.07) is 7.64.